The Labute approximate surface area is 114 Å². The minimum Gasteiger partial charge on any atom is -0.497 e. The van der Waals surface area contributed by atoms with Gasteiger partial charge in [-0.1, -0.05) is 18.9 Å². The van der Waals surface area contributed by atoms with Gasteiger partial charge in [-0.2, -0.15) is 0 Å². The van der Waals surface area contributed by atoms with Gasteiger partial charge in [0.15, 0.2) is 0 Å². The molecule has 3 atom stereocenters. The van der Waals surface area contributed by atoms with E-state index in [1.165, 1.54) is 11.1 Å². The molecule has 0 radical (unpaired) electrons. The van der Waals surface area contributed by atoms with Gasteiger partial charge in [-0.25, -0.2) is 0 Å². The maximum Gasteiger partial charge on any atom is 0.126 e. The van der Waals surface area contributed by atoms with Crippen LogP contribution in [0.25, 0.3) is 0 Å². The molecule has 2 heteroatoms. The lowest BCUT2D eigenvalue weighted by Gasteiger charge is -2.37. The van der Waals surface area contributed by atoms with Crippen LogP contribution in [-0.2, 0) is 6.42 Å². The van der Waals surface area contributed by atoms with Gasteiger partial charge in [0, 0.05) is 0 Å². The van der Waals surface area contributed by atoms with Crippen LogP contribution in [0.2, 0.25) is 0 Å². The van der Waals surface area contributed by atoms with Crippen molar-refractivity contribution >= 4 is 0 Å². The van der Waals surface area contributed by atoms with Gasteiger partial charge >= 0.3 is 0 Å². The lowest BCUT2D eigenvalue weighted by molar-refractivity contribution is 0.0932. The average Bonchev–Trinajstić information content (AvgIpc) is 2.70. The molecule has 0 unspecified atom stereocenters. The van der Waals surface area contributed by atoms with E-state index in [4.69, 9.17) is 11.2 Å². The first-order valence-electron chi connectivity index (χ1n) is 6.87. The van der Waals surface area contributed by atoms with E-state index in [9.17, 15) is 5.11 Å². The Kier molecular flexibility index (Phi) is 2.66. The fraction of sp³-hybridized carbons (Fsp3) is 0.529. The first-order valence-corrected chi connectivity index (χ1v) is 6.87. The number of ether oxygens (including phenoxy) is 1. The second kappa shape index (κ2) is 4.02. The molecule has 1 aromatic carbocycles. The molecule has 1 fully saturated rings. The van der Waals surface area contributed by atoms with Crippen LogP contribution in [0.5, 0.6) is 5.75 Å². The summed E-state index contributed by atoms with van der Waals surface area (Å²) in [7, 11) is 1.70. The molecule has 0 aromatic heterocycles. The van der Waals surface area contributed by atoms with E-state index >= 15 is 0 Å². The molecule has 0 saturated heterocycles. The van der Waals surface area contributed by atoms with Crippen molar-refractivity contribution in [1.82, 2.24) is 0 Å². The van der Waals surface area contributed by atoms with Crippen molar-refractivity contribution in [2.24, 2.45) is 5.41 Å². The summed E-state index contributed by atoms with van der Waals surface area (Å²) < 4.78 is 5.30. The van der Waals surface area contributed by atoms with Crippen molar-refractivity contribution in [3.8, 4) is 18.1 Å². The molecule has 1 saturated carbocycles. The van der Waals surface area contributed by atoms with Crippen molar-refractivity contribution in [3.05, 3.63) is 29.3 Å². The number of methoxy groups -OCH3 is 1. The molecule has 0 amide bonds. The Morgan fingerprint density at radius 1 is 1.47 bits per heavy atom. The maximum absolute atomic E-state index is 10.5. The van der Waals surface area contributed by atoms with Crippen LogP contribution in [0.15, 0.2) is 18.2 Å². The van der Waals surface area contributed by atoms with Gasteiger partial charge < -0.3 is 9.84 Å². The zero-order valence-electron chi connectivity index (χ0n) is 11.6. The van der Waals surface area contributed by atoms with Crippen molar-refractivity contribution in [1.29, 1.82) is 0 Å². The Balaban J connectivity index is 2.04. The molecule has 3 rings (SSSR count). The van der Waals surface area contributed by atoms with Crippen LogP contribution in [0.3, 0.4) is 0 Å². The van der Waals surface area contributed by atoms with Crippen molar-refractivity contribution in [3.63, 3.8) is 0 Å². The summed E-state index contributed by atoms with van der Waals surface area (Å²) in [5.41, 5.74) is 1.90. The highest BCUT2D eigenvalue weighted by Gasteiger charge is 2.52. The molecule has 19 heavy (non-hydrogen) atoms. The molecular weight excluding hydrogens is 236 g/mol. The zero-order valence-corrected chi connectivity index (χ0v) is 11.6. The molecule has 100 valence electrons. The van der Waals surface area contributed by atoms with Crippen molar-refractivity contribution < 1.29 is 9.84 Å². The van der Waals surface area contributed by atoms with Crippen LogP contribution < -0.4 is 4.74 Å². The number of fused-ring (bicyclic) bond motifs is 3. The summed E-state index contributed by atoms with van der Waals surface area (Å²) in [6.45, 7) is 2.26. The van der Waals surface area contributed by atoms with Crippen LogP contribution in [0.4, 0.5) is 0 Å². The van der Waals surface area contributed by atoms with E-state index in [2.05, 4.69) is 25.0 Å². The maximum atomic E-state index is 10.5. The predicted molar refractivity (Wildman–Crippen MR) is 75.2 cm³/mol. The fourth-order valence-corrected chi connectivity index (χ4v) is 3.99. The van der Waals surface area contributed by atoms with E-state index in [1.54, 1.807) is 7.11 Å². The SMILES string of the molecule is C#C[C@]1(O)C[C@H]2c3ccc(OC)cc3CC[C@@]2(C)C1. The molecule has 1 N–H and O–H groups in total. The van der Waals surface area contributed by atoms with E-state index in [1.807, 2.05) is 6.07 Å². The third-order valence-electron chi connectivity index (χ3n) is 5.04. The van der Waals surface area contributed by atoms with Gasteiger partial charge in [-0.3, -0.25) is 0 Å². The Morgan fingerprint density at radius 2 is 2.26 bits per heavy atom. The number of benzene rings is 1. The Hall–Kier alpha value is -1.46. The standard InChI is InChI=1S/C17H20O2/c1-4-17(18)10-15-14-6-5-13(19-3)9-12(14)7-8-16(15,2)11-17/h1,5-6,9,15,18H,7-8,10-11H2,2-3H3/t15-,16-,17-/m0/s1. The summed E-state index contributed by atoms with van der Waals surface area (Å²) in [4.78, 5) is 0. The number of aryl methyl sites for hydroxylation is 1. The molecule has 2 nitrogen and oxygen atoms in total. The third-order valence-corrected chi connectivity index (χ3v) is 5.04. The molecular formula is C17H20O2. The smallest absolute Gasteiger partial charge is 0.126 e. The second-order valence-corrected chi connectivity index (χ2v) is 6.33. The van der Waals surface area contributed by atoms with Crippen LogP contribution >= 0.6 is 0 Å². The van der Waals surface area contributed by atoms with Gasteiger partial charge in [0.25, 0.3) is 0 Å². The van der Waals surface area contributed by atoms with Crippen LogP contribution in [0.1, 0.15) is 43.2 Å². The number of terminal acetylenes is 1. The first kappa shape index (κ1) is 12.6. The summed E-state index contributed by atoms with van der Waals surface area (Å²) in [6, 6.07) is 6.29. The monoisotopic (exact) mass is 256 g/mol. The molecule has 0 heterocycles. The fourth-order valence-electron chi connectivity index (χ4n) is 3.99. The van der Waals surface area contributed by atoms with Gasteiger partial charge in [-0.05, 0) is 60.3 Å². The van der Waals surface area contributed by atoms with Crippen molar-refractivity contribution in [2.75, 3.05) is 7.11 Å². The van der Waals surface area contributed by atoms with Crippen LogP contribution in [0, 0.1) is 17.8 Å². The number of aliphatic hydroxyl groups is 1. The quantitative estimate of drug-likeness (QED) is 0.783. The third kappa shape index (κ3) is 1.84. The highest BCUT2D eigenvalue weighted by molar-refractivity contribution is 5.43. The topological polar surface area (TPSA) is 29.5 Å². The summed E-state index contributed by atoms with van der Waals surface area (Å²) in [5, 5.41) is 10.5. The summed E-state index contributed by atoms with van der Waals surface area (Å²) >= 11 is 0. The van der Waals surface area contributed by atoms with E-state index in [0.29, 0.717) is 18.8 Å². The molecule has 0 bridgehead atoms. The predicted octanol–water partition coefficient (Wildman–Crippen LogP) is 2.89. The molecule has 0 spiro atoms. The van der Waals surface area contributed by atoms with Gasteiger partial charge in [-0.15, -0.1) is 6.42 Å². The molecule has 2 aliphatic carbocycles. The highest BCUT2D eigenvalue weighted by Crippen LogP contribution is 2.58. The number of rotatable bonds is 1. The Morgan fingerprint density at radius 3 is 2.95 bits per heavy atom. The Bertz CT molecular complexity index is 557. The molecule has 1 aromatic rings. The number of hydrogen-bond acceptors (Lipinski definition) is 2. The minimum atomic E-state index is -0.930. The number of hydrogen-bond donors (Lipinski definition) is 1. The van der Waals surface area contributed by atoms with Crippen molar-refractivity contribution in [2.45, 2.75) is 44.1 Å². The normalized spacial score (nSPS) is 36.2. The van der Waals surface area contributed by atoms with E-state index in [-0.39, 0.29) is 5.41 Å². The first-order chi connectivity index (χ1) is 9.00. The lowest BCUT2D eigenvalue weighted by Crippen LogP contribution is -2.27. The lowest BCUT2D eigenvalue weighted by atomic mass is 9.67. The minimum absolute atomic E-state index is 0.128. The molecule has 0 aliphatic heterocycles. The van der Waals surface area contributed by atoms with Gasteiger partial charge in [0.05, 0.1) is 7.11 Å². The highest BCUT2D eigenvalue weighted by atomic mass is 16.5. The molecule has 2 aliphatic rings. The summed E-state index contributed by atoms with van der Waals surface area (Å²) in [6.07, 6.45) is 9.05. The van der Waals surface area contributed by atoms with Gasteiger partial charge in [0.1, 0.15) is 11.4 Å². The largest absolute Gasteiger partial charge is 0.497 e. The van der Waals surface area contributed by atoms with Gasteiger partial charge in [0.2, 0.25) is 0 Å². The van der Waals surface area contributed by atoms with Crippen LogP contribution in [-0.4, -0.2) is 17.8 Å². The van der Waals surface area contributed by atoms with E-state index in [0.717, 1.165) is 18.6 Å². The second-order valence-electron chi connectivity index (χ2n) is 6.33. The van der Waals surface area contributed by atoms with E-state index < -0.39 is 5.60 Å². The summed E-state index contributed by atoms with van der Waals surface area (Å²) in [5.74, 6) is 3.88. The average molecular weight is 256 g/mol. The zero-order chi connectivity index (χ0) is 13.7.